The topological polar surface area (TPSA) is 60.1 Å². The second kappa shape index (κ2) is 7.53. The molecule has 0 aliphatic heterocycles. The molecule has 4 heteroatoms. The summed E-state index contributed by atoms with van der Waals surface area (Å²) in [4.78, 5) is 2.38. The van der Waals surface area contributed by atoms with Gasteiger partial charge in [-0.05, 0) is 31.4 Å². The first kappa shape index (κ1) is 14.4. The first-order valence-electron chi connectivity index (χ1n) is 7.08. The van der Waals surface area contributed by atoms with Crippen LogP contribution in [-0.2, 0) is 0 Å². The van der Waals surface area contributed by atoms with E-state index in [4.69, 9.17) is 15.3 Å². The molecular formula is C16H19N3O. The summed E-state index contributed by atoms with van der Waals surface area (Å²) in [6, 6.07) is 12.3. The maximum atomic E-state index is 8.97. The van der Waals surface area contributed by atoms with Crippen LogP contribution in [0.5, 0.6) is 5.75 Å². The van der Waals surface area contributed by atoms with E-state index in [1.54, 1.807) is 6.07 Å². The highest BCUT2D eigenvalue weighted by Gasteiger charge is 2.27. The molecule has 0 N–H and O–H groups in total. The molecule has 1 saturated carbocycles. The number of nitriles is 2. The van der Waals surface area contributed by atoms with Crippen LogP contribution in [0.2, 0.25) is 0 Å². The van der Waals surface area contributed by atoms with Crippen molar-refractivity contribution in [2.45, 2.75) is 31.7 Å². The fourth-order valence-electron chi connectivity index (χ4n) is 2.24. The Morgan fingerprint density at radius 1 is 1.20 bits per heavy atom. The minimum atomic E-state index is 0.580. The van der Waals surface area contributed by atoms with E-state index in [-0.39, 0.29) is 0 Å². The van der Waals surface area contributed by atoms with Crippen molar-refractivity contribution in [1.82, 2.24) is 4.90 Å². The van der Waals surface area contributed by atoms with Gasteiger partial charge in [-0.25, -0.2) is 0 Å². The fraction of sp³-hybridized carbons (Fsp3) is 0.500. The third-order valence-electron chi connectivity index (χ3n) is 3.43. The third-order valence-corrected chi connectivity index (χ3v) is 3.43. The molecule has 0 bridgehead atoms. The summed E-state index contributed by atoms with van der Waals surface area (Å²) in [7, 11) is 0. The van der Waals surface area contributed by atoms with Gasteiger partial charge in [-0.2, -0.15) is 10.5 Å². The van der Waals surface area contributed by atoms with E-state index < -0.39 is 0 Å². The van der Waals surface area contributed by atoms with Crippen LogP contribution in [0.3, 0.4) is 0 Å². The largest absolute Gasteiger partial charge is 0.492 e. The smallest absolute Gasteiger partial charge is 0.137 e. The molecule has 104 valence electrons. The van der Waals surface area contributed by atoms with Crippen molar-refractivity contribution in [3.05, 3.63) is 29.8 Å². The molecule has 2 rings (SSSR count). The number of ether oxygens (including phenoxy) is 1. The highest BCUT2D eigenvalue weighted by molar-refractivity contribution is 5.42. The van der Waals surface area contributed by atoms with Crippen molar-refractivity contribution in [2.75, 3.05) is 19.7 Å². The van der Waals surface area contributed by atoms with Crippen LogP contribution < -0.4 is 4.74 Å². The molecule has 0 atom stereocenters. The molecule has 1 aromatic carbocycles. The Kier molecular flexibility index (Phi) is 5.41. The normalized spacial score (nSPS) is 13.8. The second-order valence-electron chi connectivity index (χ2n) is 4.99. The Morgan fingerprint density at radius 2 is 2.00 bits per heavy atom. The Hall–Kier alpha value is -2.04. The molecule has 1 fully saturated rings. The van der Waals surface area contributed by atoms with Crippen LogP contribution >= 0.6 is 0 Å². The molecule has 4 nitrogen and oxygen atoms in total. The van der Waals surface area contributed by atoms with E-state index in [2.05, 4.69) is 17.0 Å². The van der Waals surface area contributed by atoms with Crippen molar-refractivity contribution in [1.29, 1.82) is 10.5 Å². The van der Waals surface area contributed by atoms with Crippen LogP contribution in [0.1, 0.15) is 31.2 Å². The molecule has 1 aliphatic carbocycles. The summed E-state index contributed by atoms with van der Waals surface area (Å²) < 4.78 is 5.67. The molecule has 0 saturated heterocycles. The van der Waals surface area contributed by atoms with E-state index in [9.17, 15) is 0 Å². The first-order valence-corrected chi connectivity index (χ1v) is 7.08. The van der Waals surface area contributed by atoms with Gasteiger partial charge in [-0.1, -0.05) is 12.1 Å². The summed E-state index contributed by atoms with van der Waals surface area (Å²) in [5.41, 5.74) is 0.580. The van der Waals surface area contributed by atoms with Gasteiger partial charge in [0.25, 0.3) is 0 Å². The van der Waals surface area contributed by atoms with Crippen LogP contribution in [0.4, 0.5) is 0 Å². The summed E-state index contributed by atoms with van der Waals surface area (Å²) in [6.45, 7) is 2.42. The number of hydrogen-bond acceptors (Lipinski definition) is 4. The molecule has 0 radical (unpaired) electrons. The number of hydrogen-bond donors (Lipinski definition) is 0. The van der Waals surface area contributed by atoms with Crippen molar-refractivity contribution >= 4 is 0 Å². The van der Waals surface area contributed by atoms with Crippen LogP contribution in [0.15, 0.2) is 24.3 Å². The molecule has 20 heavy (non-hydrogen) atoms. The fourth-order valence-corrected chi connectivity index (χ4v) is 2.24. The van der Waals surface area contributed by atoms with Crippen molar-refractivity contribution < 1.29 is 4.74 Å². The first-order chi connectivity index (χ1) is 9.85. The lowest BCUT2D eigenvalue weighted by molar-refractivity contribution is 0.230. The molecule has 1 aromatic rings. The summed E-state index contributed by atoms with van der Waals surface area (Å²) in [5, 5.41) is 17.6. The molecule has 0 aromatic heterocycles. The van der Waals surface area contributed by atoms with Gasteiger partial charge in [-0.3, -0.25) is 4.90 Å². The minimum Gasteiger partial charge on any atom is -0.492 e. The van der Waals surface area contributed by atoms with Crippen LogP contribution in [-0.4, -0.2) is 30.6 Å². The van der Waals surface area contributed by atoms with Gasteiger partial charge >= 0.3 is 0 Å². The second-order valence-corrected chi connectivity index (χ2v) is 4.99. The van der Waals surface area contributed by atoms with Gasteiger partial charge in [0, 0.05) is 25.6 Å². The standard InChI is InChI=1S/C16H19N3O/c17-9-3-10-19(15-7-8-15)11-4-12-20-16-6-2-1-5-14(16)13-18/h1-2,5-6,15H,3-4,7-8,10-12H2. The lowest BCUT2D eigenvalue weighted by Crippen LogP contribution is -2.29. The van der Waals surface area contributed by atoms with Crippen molar-refractivity contribution in [3.8, 4) is 17.9 Å². The van der Waals surface area contributed by atoms with Crippen molar-refractivity contribution in [2.24, 2.45) is 0 Å². The molecule has 0 amide bonds. The predicted octanol–water partition coefficient (Wildman–Crippen LogP) is 2.71. The Morgan fingerprint density at radius 3 is 2.70 bits per heavy atom. The number of rotatable bonds is 8. The van der Waals surface area contributed by atoms with E-state index in [0.29, 0.717) is 30.4 Å². The summed E-state index contributed by atoms with van der Waals surface area (Å²) in [5.74, 6) is 0.657. The van der Waals surface area contributed by atoms with Crippen LogP contribution in [0, 0.1) is 22.7 Å². The Labute approximate surface area is 120 Å². The van der Waals surface area contributed by atoms with E-state index in [1.165, 1.54) is 12.8 Å². The zero-order chi connectivity index (χ0) is 14.2. The van der Waals surface area contributed by atoms with Gasteiger partial charge in [-0.15, -0.1) is 0 Å². The van der Waals surface area contributed by atoms with Gasteiger partial charge in [0.15, 0.2) is 0 Å². The van der Waals surface area contributed by atoms with Crippen molar-refractivity contribution in [3.63, 3.8) is 0 Å². The molecule has 1 aliphatic rings. The Bertz CT molecular complexity index is 511. The quantitative estimate of drug-likeness (QED) is 0.681. The molecule has 0 heterocycles. The zero-order valence-electron chi connectivity index (χ0n) is 11.6. The average molecular weight is 269 g/mol. The maximum Gasteiger partial charge on any atom is 0.137 e. The van der Waals surface area contributed by atoms with Crippen LogP contribution in [0.25, 0.3) is 0 Å². The minimum absolute atomic E-state index is 0.580. The maximum absolute atomic E-state index is 8.97. The summed E-state index contributed by atoms with van der Waals surface area (Å²) in [6.07, 6.45) is 4.02. The van der Waals surface area contributed by atoms with Gasteiger partial charge in [0.2, 0.25) is 0 Å². The Balaban J connectivity index is 1.72. The van der Waals surface area contributed by atoms with Gasteiger partial charge < -0.3 is 4.74 Å². The van der Waals surface area contributed by atoms with Gasteiger partial charge in [0.05, 0.1) is 18.2 Å². The van der Waals surface area contributed by atoms with E-state index in [1.807, 2.05) is 18.2 Å². The molecule has 0 spiro atoms. The number of nitrogens with zero attached hydrogens (tertiary/aromatic N) is 3. The molecular weight excluding hydrogens is 250 g/mol. The highest BCUT2D eigenvalue weighted by atomic mass is 16.5. The lowest BCUT2D eigenvalue weighted by atomic mass is 10.2. The average Bonchev–Trinajstić information content (AvgIpc) is 3.31. The van der Waals surface area contributed by atoms with Gasteiger partial charge in [0.1, 0.15) is 11.8 Å². The number of benzene rings is 1. The highest BCUT2D eigenvalue weighted by Crippen LogP contribution is 2.27. The predicted molar refractivity (Wildman–Crippen MR) is 76.1 cm³/mol. The summed E-state index contributed by atoms with van der Waals surface area (Å²) >= 11 is 0. The lowest BCUT2D eigenvalue weighted by Gasteiger charge is -2.20. The van der Waals surface area contributed by atoms with E-state index >= 15 is 0 Å². The zero-order valence-corrected chi connectivity index (χ0v) is 11.6. The number of para-hydroxylation sites is 1. The third kappa shape index (κ3) is 4.26. The van der Waals surface area contributed by atoms with E-state index in [0.717, 1.165) is 19.5 Å². The molecule has 0 unspecified atom stereocenters. The monoisotopic (exact) mass is 269 g/mol. The SMILES string of the molecule is N#CCCN(CCCOc1ccccc1C#N)C1CC1.